The highest BCUT2D eigenvalue weighted by molar-refractivity contribution is 6.01. The van der Waals surface area contributed by atoms with E-state index >= 15 is 0 Å². The van der Waals surface area contributed by atoms with Gasteiger partial charge in [-0.1, -0.05) is 23.4 Å². The first-order chi connectivity index (χ1) is 20.1. The van der Waals surface area contributed by atoms with Gasteiger partial charge in [0.15, 0.2) is 0 Å². The highest BCUT2D eigenvalue weighted by Crippen LogP contribution is 2.31. The molecule has 3 aromatic heterocycles. The number of amides is 2. The van der Waals surface area contributed by atoms with Crippen LogP contribution in [0.25, 0.3) is 16.7 Å². The number of carbonyl (C=O) groups excluding carboxylic acids is 2. The van der Waals surface area contributed by atoms with Gasteiger partial charge >= 0.3 is 0 Å². The van der Waals surface area contributed by atoms with Crippen molar-refractivity contribution in [3.05, 3.63) is 84.4 Å². The molecule has 6 rings (SSSR count). The average Bonchev–Trinajstić information content (AvgIpc) is 3.78. The van der Waals surface area contributed by atoms with Crippen LogP contribution in [-0.4, -0.2) is 71.3 Å². The Morgan fingerprint density at radius 1 is 1.15 bits per heavy atom. The number of carbonyl (C=O) groups is 2. The number of hydrogen-bond donors (Lipinski definition) is 1. The number of ether oxygens (including phenoxy) is 1. The van der Waals surface area contributed by atoms with Crippen LogP contribution < -0.4 is 10.2 Å². The van der Waals surface area contributed by atoms with Crippen LogP contribution >= 0.6 is 0 Å². The van der Waals surface area contributed by atoms with Crippen molar-refractivity contribution in [3.63, 3.8) is 0 Å². The number of benzene rings is 2. The number of aromatic nitrogens is 8. The van der Waals surface area contributed by atoms with E-state index in [-0.39, 0.29) is 24.5 Å². The number of para-hydroxylation sites is 1. The van der Waals surface area contributed by atoms with E-state index in [9.17, 15) is 9.59 Å². The van der Waals surface area contributed by atoms with Crippen LogP contribution in [0.1, 0.15) is 30.0 Å². The number of nitrogens with zero attached hydrogens (tertiary/aromatic N) is 9. The molecule has 13 heteroatoms. The van der Waals surface area contributed by atoms with Crippen molar-refractivity contribution in [1.29, 1.82) is 0 Å². The molecule has 0 radical (unpaired) electrons. The van der Waals surface area contributed by atoms with E-state index in [1.165, 1.54) is 15.9 Å². The summed E-state index contributed by atoms with van der Waals surface area (Å²) in [6.45, 7) is 2.79. The molecule has 2 aromatic carbocycles. The van der Waals surface area contributed by atoms with Crippen LogP contribution in [0.3, 0.4) is 0 Å². The Balaban J connectivity index is 1.41. The SMILES string of the molecule is Cc1cc(N(C(=O)Cn2nnc3ccccc32)[C@H](C(=O)NC[C@@H]2CCCO2)c2cccnc2)ccc1-n1cnnn1. The fourth-order valence-corrected chi connectivity index (χ4v) is 5.07. The van der Waals surface area contributed by atoms with Gasteiger partial charge in [0.25, 0.3) is 0 Å². The average molecular weight is 553 g/mol. The lowest BCUT2D eigenvalue weighted by atomic mass is 10.0. The van der Waals surface area contributed by atoms with Crippen molar-refractivity contribution in [2.75, 3.05) is 18.1 Å². The summed E-state index contributed by atoms with van der Waals surface area (Å²) < 4.78 is 8.79. The standard InChI is InChI=1S/C28H28N10O3/c1-19-14-21(10-11-24(19)37-18-31-33-35-37)38(26(39)17-36-25-9-3-2-8-23(25)32-34-36)27(20-6-4-12-29-15-20)28(40)30-16-22-7-5-13-41-22/h2-4,6,8-12,14-15,18,22,27H,5,7,13,16-17H2,1H3,(H,30,40)/t22-,27-/m0/s1. The maximum atomic E-state index is 14.2. The highest BCUT2D eigenvalue weighted by Gasteiger charge is 2.34. The Hall–Kier alpha value is -5.04. The number of nitrogens with one attached hydrogen (secondary N) is 1. The molecule has 1 aliphatic rings. The number of pyridine rings is 1. The van der Waals surface area contributed by atoms with Crippen LogP contribution in [0.4, 0.5) is 5.69 Å². The summed E-state index contributed by atoms with van der Waals surface area (Å²) in [5.41, 5.74) is 4.03. The normalized spacial score (nSPS) is 15.6. The summed E-state index contributed by atoms with van der Waals surface area (Å²) in [5.74, 6) is -0.691. The van der Waals surface area contributed by atoms with Crippen LogP contribution in [0.5, 0.6) is 0 Å². The lowest BCUT2D eigenvalue weighted by molar-refractivity contribution is -0.127. The molecule has 1 fully saturated rings. The van der Waals surface area contributed by atoms with Crippen LogP contribution in [0.2, 0.25) is 0 Å². The van der Waals surface area contributed by atoms with Crippen LogP contribution in [-0.2, 0) is 20.9 Å². The van der Waals surface area contributed by atoms with Gasteiger partial charge in [-0.3, -0.25) is 19.5 Å². The lowest BCUT2D eigenvalue weighted by Gasteiger charge is -2.32. The summed E-state index contributed by atoms with van der Waals surface area (Å²) in [7, 11) is 0. The van der Waals surface area contributed by atoms with Crippen LogP contribution in [0.15, 0.2) is 73.3 Å². The van der Waals surface area contributed by atoms with Crippen molar-refractivity contribution in [2.24, 2.45) is 0 Å². The number of tetrazole rings is 1. The number of rotatable bonds is 9. The molecule has 0 bridgehead atoms. The topological polar surface area (TPSA) is 146 Å². The molecule has 2 atom stereocenters. The van der Waals surface area contributed by atoms with E-state index in [2.05, 4.69) is 36.1 Å². The van der Waals surface area contributed by atoms with Crippen molar-refractivity contribution < 1.29 is 14.3 Å². The third kappa shape index (κ3) is 5.52. The molecule has 1 saturated heterocycles. The van der Waals surface area contributed by atoms with E-state index in [1.54, 1.807) is 35.3 Å². The Bertz CT molecular complexity index is 1650. The van der Waals surface area contributed by atoms with E-state index < -0.39 is 6.04 Å². The zero-order valence-corrected chi connectivity index (χ0v) is 22.4. The predicted molar refractivity (Wildman–Crippen MR) is 148 cm³/mol. The highest BCUT2D eigenvalue weighted by atomic mass is 16.5. The van der Waals surface area contributed by atoms with E-state index in [0.29, 0.717) is 35.4 Å². The minimum Gasteiger partial charge on any atom is -0.376 e. The molecule has 208 valence electrons. The summed E-state index contributed by atoms with van der Waals surface area (Å²) in [4.78, 5) is 33.9. The first-order valence-corrected chi connectivity index (χ1v) is 13.3. The van der Waals surface area contributed by atoms with Crippen molar-refractivity contribution in [3.8, 4) is 5.69 Å². The second-order valence-electron chi connectivity index (χ2n) is 9.79. The molecular weight excluding hydrogens is 524 g/mol. The molecule has 41 heavy (non-hydrogen) atoms. The van der Waals surface area contributed by atoms with Gasteiger partial charge in [-0.25, -0.2) is 9.36 Å². The largest absolute Gasteiger partial charge is 0.376 e. The van der Waals surface area contributed by atoms with Gasteiger partial charge in [-0.05, 0) is 72.2 Å². The summed E-state index contributed by atoms with van der Waals surface area (Å²) in [5, 5.41) is 22.8. The number of anilines is 1. The first kappa shape index (κ1) is 26.2. The Morgan fingerprint density at radius 2 is 2.05 bits per heavy atom. The Kier molecular flexibility index (Phi) is 7.41. The zero-order valence-electron chi connectivity index (χ0n) is 22.4. The summed E-state index contributed by atoms with van der Waals surface area (Å²) >= 11 is 0. The number of aryl methyl sites for hydroxylation is 1. The molecule has 1 N–H and O–H groups in total. The first-order valence-electron chi connectivity index (χ1n) is 13.3. The predicted octanol–water partition coefficient (Wildman–Crippen LogP) is 2.18. The summed E-state index contributed by atoms with van der Waals surface area (Å²) in [6.07, 6.45) is 6.50. The molecule has 4 heterocycles. The third-order valence-electron chi connectivity index (χ3n) is 7.06. The quantitative estimate of drug-likeness (QED) is 0.291. The second kappa shape index (κ2) is 11.6. The van der Waals surface area contributed by atoms with Gasteiger partial charge in [0.05, 0.1) is 17.3 Å². The van der Waals surface area contributed by atoms with Gasteiger partial charge in [-0.2, -0.15) is 0 Å². The monoisotopic (exact) mass is 552 g/mol. The van der Waals surface area contributed by atoms with Crippen molar-refractivity contribution in [1.82, 2.24) is 45.5 Å². The minimum absolute atomic E-state index is 0.0584. The van der Waals surface area contributed by atoms with Crippen LogP contribution in [0, 0.1) is 6.92 Å². The summed E-state index contributed by atoms with van der Waals surface area (Å²) in [6, 6.07) is 15.4. The lowest BCUT2D eigenvalue weighted by Crippen LogP contribution is -2.46. The van der Waals surface area contributed by atoms with Gasteiger partial charge in [0.1, 0.15) is 24.4 Å². The van der Waals surface area contributed by atoms with Gasteiger partial charge in [0, 0.05) is 36.8 Å². The molecular formula is C28H28N10O3. The third-order valence-corrected chi connectivity index (χ3v) is 7.06. The molecule has 0 aliphatic carbocycles. The number of hydrogen-bond acceptors (Lipinski definition) is 9. The van der Waals surface area contributed by atoms with Gasteiger partial charge in [0.2, 0.25) is 11.8 Å². The maximum Gasteiger partial charge on any atom is 0.249 e. The van der Waals surface area contributed by atoms with Crippen molar-refractivity contribution >= 4 is 28.5 Å². The molecule has 1 aliphatic heterocycles. The van der Waals surface area contributed by atoms with Gasteiger partial charge in [-0.15, -0.1) is 10.2 Å². The van der Waals surface area contributed by atoms with Crippen molar-refractivity contribution in [2.45, 2.75) is 38.5 Å². The molecule has 5 aromatic rings. The van der Waals surface area contributed by atoms with E-state index in [0.717, 1.165) is 24.1 Å². The molecule has 0 saturated carbocycles. The maximum absolute atomic E-state index is 14.2. The number of fused-ring (bicyclic) bond motifs is 1. The fraction of sp³-hybridized carbons (Fsp3) is 0.286. The van der Waals surface area contributed by atoms with E-state index in [1.807, 2.05) is 43.3 Å². The second-order valence-corrected chi connectivity index (χ2v) is 9.79. The Morgan fingerprint density at radius 3 is 2.80 bits per heavy atom. The zero-order chi connectivity index (χ0) is 28.2. The Labute approximate surface area is 235 Å². The fourth-order valence-electron chi connectivity index (χ4n) is 5.07. The van der Waals surface area contributed by atoms with E-state index in [4.69, 9.17) is 4.74 Å². The minimum atomic E-state index is -1.01. The molecule has 0 unspecified atom stereocenters. The molecule has 0 spiro atoms. The molecule has 2 amide bonds. The smallest absolute Gasteiger partial charge is 0.249 e. The molecule has 13 nitrogen and oxygen atoms in total. The van der Waals surface area contributed by atoms with Gasteiger partial charge < -0.3 is 10.1 Å².